The van der Waals surface area contributed by atoms with E-state index >= 15 is 0 Å². The highest BCUT2D eigenvalue weighted by Gasteiger charge is 2.36. The summed E-state index contributed by atoms with van der Waals surface area (Å²) in [5.41, 5.74) is 5.27. The lowest BCUT2D eigenvalue weighted by Crippen LogP contribution is -2.35. The van der Waals surface area contributed by atoms with E-state index in [1.165, 1.54) is 6.07 Å². The summed E-state index contributed by atoms with van der Waals surface area (Å²) in [5.74, 6) is -0.874. The van der Waals surface area contributed by atoms with E-state index in [1.807, 2.05) is 105 Å². The van der Waals surface area contributed by atoms with Gasteiger partial charge in [0.25, 0.3) is 11.8 Å². The number of fused-ring (bicyclic) bond motifs is 1. The van der Waals surface area contributed by atoms with Crippen molar-refractivity contribution in [3.05, 3.63) is 154 Å². The lowest BCUT2D eigenvalue weighted by atomic mass is 9.79. The molecule has 2 amide bonds. The van der Waals surface area contributed by atoms with Gasteiger partial charge in [0, 0.05) is 51.5 Å². The van der Waals surface area contributed by atoms with E-state index in [4.69, 9.17) is 4.42 Å². The minimum Gasteiger partial charge on any atom is -0.456 e. The Morgan fingerprint density at radius 3 is 1.74 bits per heavy atom. The monoisotopic (exact) mass is 567 g/mol. The molecule has 4 aromatic carbocycles. The second-order valence-electron chi connectivity index (χ2n) is 10.4. The zero-order chi connectivity index (χ0) is 29.9. The predicted octanol–water partition coefficient (Wildman–Crippen LogP) is 6.97. The van der Waals surface area contributed by atoms with Crippen molar-refractivity contribution in [2.75, 3.05) is 10.6 Å². The summed E-state index contributed by atoms with van der Waals surface area (Å²) in [6, 6.07) is 34.4. The van der Waals surface area contributed by atoms with Crippen LogP contribution in [0.3, 0.4) is 0 Å². The first kappa shape index (κ1) is 27.5. The summed E-state index contributed by atoms with van der Waals surface area (Å²) >= 11 is 0. The van der Waals surface area contributed by atoms with Gasteiger partial charge in [0.15, 0.2) is 5.43 Å². The van der Waals surface area contributed by atoms with Crippen molar-refractivity contribution in [2.24, 2.45) is 0 Å². The number of allylic oxidation sites excluding steroid dienone is 2. The van der Waals surface area contributed by atoms with Crippen LogP contribution in [0, 0.1) is 0 Å². The van der Waals surface area contributed by atoms with Gasteiger partial charge < -0.3 is 20.4 Å². The van der Waals surface area contributed by atoms with Gasteiger partial charge >= 0.3 is 0 Å². The number of nitrogens with one attached hydrogen (secondary N) is 3. The first-order valence-electron chi connectivity index (χ1n) is 13.9. The van der Waals surface area contributed by atoms with Crippen molar-refractivity contribution >= 4 is 34.2 Å². The van der Waals surface area contributed by atoms with Crippen LogP contribution in [-0.2, 0) is 9.59 Å². The normalized spacial score (nSPS) is 13.5. The Kier molecular flexibility index (Phi) is 7.45. The Morgan fingerprint density at radius 2 is 1.19 bits per heavy atom. The summed E-state index contributed by atoms with van der Waals surface area (Å²) in [4.78, 5) is 40.4. The Morgan fingerprint density at radius 1 is 0.674 bits per heavy atom. The molecule has 0 radical (unpaired) electrons. The molecule has 2 heterocycles. The first-order valence-corrected chi connectivity index (χ1v) is 13.9. The Hall–Kier alpha value is -5.69. The molecule has 1 aromatic heterocycles. The molecule has 0 spiro atoms. The maximum Gasteiger partial charge on any atom is 0.254 e. The van der Waals surface area contributed by atoms with Crippen molar-refractivity contribution in [3.8, 4) is 11.3 Å². The molecule has 0 aliphatic carbocycles. The van der Waals surface area contributed by atoms with E-state index in [0.29, 0.717) is 56.2 Å². The number of amides is 2. The molecule has 0 saturated heterocycles. The molecular formula is C36H29N3O4. The van der Waals surface area contributed by atoms with Gasteiger partial charge in [-0.25, -0.2) is 0 Å². The van der Waals surface area contributed by atoms with Crippen LogP contribution in [0.15, 0.2) is 147 Å². The van der Waals surface area contributed by atoms with Gasteiger partial charge in [-0.3, -0.25) is 14.4 Å². The largest absolute Gasteiger partial charge is 0.456 e. The van der Waals surface area contributed by atoms with E-state index in [1.54, 1.807) is 18.2 Å². The minimum absolute atomic E-state index is 0.129. The molecule has 3 N–H and O–H groups in total. The first-order chi connectivity index (χ1) is 20.9. The zero-order valence-electron chi connectivity index (χ0n) is 23.7. The molecule has 6 rings (SSSR count). The van der Waals surface area contributed by atoms with E-state index in [2.05, 4.69) is 16.0 Å². The van der Waals surface area contributed by atoms with Gasteiger partial charge in [0.2, 0.25) is 0 Å². The molecule has 0 saturated carbocycles. The topological polar surface area (TPSA) is 100 Å². The SMILES string of the molecule is CC1=C(C(=O)Nc2ccccc2)C(c2ccc(-c3cc(=O)c4ccccc4o3)cc2)C(C(=O)Nc2ccccc2)=C(C)N1. The van der Waals surface area contributed by atoms with E-state index < -0.39 is 5.92 Å². The third-order valence-corrected chi connectivity index (χ3v) is 7.48. The molecule has 0 atom stereocenters. The van der Waals surface area contributed by atoms with Crippen molar-refractivity contribution in [2.45, 2.75) is 19.8 Å². The molecule has 5 aromatic rings. The molecule has 0 unspecified atom stereocenters. The van der Waals surface area contributed by atoms with Crippen LogP contribution in [0.5, 0.6) is 0 Å². The maximum absolute atomic E-state index is 13.8. The summed E-state index contributed by atoms with van der Waals surface area (Å²) in [6.45, 7) is 3.67. The highest BCUT2D eigenvalue weighted by atomic mass is 16.3. The summed E-state index contributed by atoms with van der Waals surface area (Å²) in [7, 11) is 0. The fourth-order valence-electron chi connectivity index (χ4n) is 5.46. The van der Waals surface area contributed by atoms with Crippen LogP contribution < -0.4 is 21.4 Å². The molecule has 1 aliphatic heterocycles. The van der Waals surface area contributed by atoms with Crippen molar-refractivity contribution in [1.82, 2.24) is 5.32 Å². The molecule has 0 fully saturated rings. The second kappa shape index (κ2) is 11.7. The van der Waals surface area contributed by atoms with Crippen LogP contribution >= 0.6 is 0 Å². The number of benzene rings is 4. The molecule has 7 heteroatoms. The lowest BCUT2D eigenvalue weighted by Gasteiger charge is -2.31. The predicted molar refractivity (Wildman–Crippen MR) is 169 cm³/mol. The van der Waals surface area contributed by atoms with Gasteiger partial charge in [0.1, 0.15) is 11.3 Å². The van der Waals surface area contributed by atoms with E-state index in [-0.39, 0.29) is 17.2 Å². The molecule has 43 heavy (non-hydrogen) atoms. The number of carbonyl (C=O) groups is 2. The summed E-state index contributed by atoms with van der Waals surface area (Å²) < 4.78 is 6.04. The van der Waals surface area contributed by atoms with E-state index in [0.717, 1.165) is 5.56 Å². The fourth-order valence-corrected chi connectivity index (χ4v) is 5.46. The zero-order valence-corrected chi connectivity index (χ0v) is 23.7. The number of anilines is 2. The molecule has 212 valence electrons. The van der Waals surface area contributed by atoms with Crippen LogP contribution in [0.1, 0.15) is 25.3 Å². The number of hydrogen-bond donors (Lipinski definition) is 3. The Balaban J connectivity index is 1.41. The fraction of sp³-hybridized carbons (Fsp3) is 0.0833. The maximum atomic E-state index is 13.8. The molecular weight excluding hydrogens is 538 g/mol. The highest BCUT2D eigenvalue weighted by Crippen LogP contribution is 2.40. The smallest absolute Gasteiger partial charge is 0.254 e. The molecule has 1 aliphatic rings. The van der Waals surface area contributed by atoms with Crippen LogP contribution in [0.2, 0.25) is 0 Å². The average Bonchev–Trinajstić information content (AvgIpc) is 3.01. The van der Waals surface area contributed by atoms with Crippen molar-refractivity contribution < 1.29 is 14.0 Å². The van der Waals surface area contributed by atoms with Crippen LogP contribution in [0.25, 0.3) is 22.3 Å². The number of rotatable bonds is 6. The standard InChI is InChI=1S/C36H29N3O4/c1-22-32(35(41)38-26-11-5-3-6-12-26)34(33(23(2)37-22)36(42)39-27-13-7-4-8-14-27)25-19-17-24(18-20-25)31-21-29(40)28-15-9-10-16-30(28)43-31/h3-21,34,37H,1-2H3,(H,38,41)(H,39,42). The van der Waals surface area contributed by atoms with Crippen molar-refractivity contribution in [1.29, 1.82) is 0 Å². The van der Waals surface area contributed by atoms with Gasteiger partial charge in [-0.05, 0) is 55.8 Å². The van der Waals surface area contributed by atoms with E-state index in [9.17, 15) is 14.4 Å². The van der Waals surface area contributed by atoms with Gasteiger partial charge in [0.05, 0.1) is 5.39 Å². The van der Waals surface area contributed by atoms with Gasteiger partial charge in [-0.1, -0.05) is 72.8 Å². The second-order valence-corrected chi connectivity index (χ2v) is 10.4. The number of carbonyl (C=O) groups excluding carboxylic acids is 2. The average molecular weight is 568 g/mol. The minimum atomic E-state index is -0.675. The van der Waals surface area contributed by atoms with Crippen molar-refractivity contribution in [3.63, 3.8) is 0 Å². The molecule has 0 bridgehead atoms. The number of para-hydroxylation sites is 3. The third kappa shape index (κ3) is 5.61. The molecule has 7 nitrogen and oxygen atoms in total. The number of hydrogen-bond acceptors (Lipinski definition) is 5. The quantitative estimate of drug-likeness (QED) is 0.206. The summed E-state index contributed by atoms with van der Waals surface area (Å²) in [6.07, 6.45) is 0. The number of dihydropyridines is 1. The van der Waals surface area contributed by atoms with Crippen LogP contribution in [-0.4, -0.2) is 11.8 Å². The third-order valence-electron chi connectivity index (χ3n) is 7.48. The lowest BCUT2D eigenvalue weighted by molar-refractivity contribution is -0.113. The van der Waals surface area contributed by atoms with Gasteiger partial charge in [-0.15, -0.1) is 0 Å². The van der Waals surface area contributed by atoms with Crippen LogP contribution in [0.4, 0.5) is 11.4 Å². The Labute approximate surface area is 248 Å². The Bertz CT molecular complexity index is 1880. The van der Waals surface area contributed by atoms with Gasteiger partial charge in [-0.2, -0.15) is 0 Å². The summed E-state index contributed by atoms with van der Waals surface area (Å²) in [5, 5.41) is 9.75. The highest BCUT2D eigenvalue weighted by molar-refractivity contribution is 6.11.